The second-order valence-electron chi connectivity index (χ2n) is 4.15. The molecule has 1 atom stereocenters. The first-order valence-corrected chi connectivity index (χ1v) is 7.00. The fourth-order valence-electron chi connectivity index (χ4n) is 1.70. The van der Waals surface area contributed by atoms with Gasteiger partial charge >= 0.3 is 5.69 Å². The third-order valence-electron chi connectivity index (χ3n) is 2.80. The minimum absolute atomic E-state index is 0.281. The van der Waals surface area contributed by atoms with Gasteiger partial charge < -0.3 is 5.73 Å². The van der Waals surface area contributed by atoms with Crippen LogP contribution in [0.5, 0.6) is 0 Å². The first kappa shape index (κ1) is 14.7. The lowest BCUT2D eigenvalue weighted by Crippen LogP contribution is -2.17. The van der Waals surface area contributed by atoms with E-state index in [1.165, 1.54) is 22.4 Å². The number of nitrogens with two attached hydrogens (primary N) is 1. The molecule has 5 nitrogen and oxygen atoms in total. The van der Waals surface area contributed by atoms with Gasteiger partial charge in [0.2, 0.25) is 0 Å². The van der Waals surface area contributed by atoms with E-state index in [4.69, 9.17) is 5.73 Å². The average molecular weight is 300 g/mol. The molecule has 3 N–H and O–H groups in total. The number of aromatic nitrogens is 3. The van der Waals surface area contributed by atoms with E-state index < -0.39 is 17.7 Å². The average Bonchev–Trinajstić information content (AvgIpc) is 2.79. The van der Waals surface area contributed by atoms with Crippen molar-refractivity contribution in [3.05, 3.63) is 45.9 Å². The topological polar surface area (TPSA) is 76.7 Å². The van der Waals surface area contributed by atoms with Crippen LogP contribution < -0.4 is 11.4 Å². The predicted molar refractivity (Wildman–Crippen MR) is 72.5 cm³/mol. The molecule has 1 unspecified atom stereocenters. The molecular weight excluding hydrogens is 286 g/mol. The number of benzene rings is 1. The van der Waals surface area contributed by atoms with Crippen LogP contribution in [0, 0.1) is 11.6 Å². The zero-order valence-electron chi connectivity index (χ0n) is 10.8. The molecule has 0 saturated heterocycles. The zero-order valence-corrected chi connectivity index (χ0v) is 11.6. The highest BCUT2D eigenvalue weighted by molar-refractivity contribution is 7.99. The predicted octanol–water partition coefficient (Wildman–Crippen LogP) is 1.66. The van der Waals surface area contributed by atoms with E-state index in [2.05, 4.69) is 10.2 Å². The van der Waals surface area contributed by atoms with Gasteiger partial charge in [-0.2, -0.15) is 0 Å². The number of thioether (sulfide) groups is 1. The Balaban J connectivity index is 2.06. The maximum Gasteiger partial charge on any atom is 0.343 e. The fraction of sp³-hybridized carbons (Fsp3) is 0.333. The summed E-state index contributed by atoms with van der Waals surface area (Å²) in [6.45, 7) is 2.33. The Morgan fingerprint density at radius 3 is 2.85 bits per heavy atom. The Morgan fingerprint density at radius 2 is 2.20 bits per heavy atom. The van der Waals surface area contributed by atoms with Crippen molar-refractivity contribution >= 4 is 11.8 Å². The van der Waals surface area contributed by atoms with Crippen molar-refractivity contribution in [1.29, 1.82) is 0 Å². The number of hydrogen-bond donors (Lipinski definition) is 2. The Morgan fingerprint density at radius 1 is 1.45 bits per heavy atom. The van der Waals surface area contributed by atoms with E-state index in [0.29, 0.717) is 23.0 Å². The van der Waals surface area contributed by atoms with Gasteiger partial charge in [0.1, 0.15) is 0 Å². The first-order valence-electron chi connectivity index (χ1n) is 6.01. The first-order chi connectivity index (χ1) is 9.52. The lowest BCUT2D eigenvalue weighted by molar-refractivity contribution is 0.506. The molecule has 0 radical (unpaired) electrons. The van der Waals surface area contributed by atoms with Crippen LogP contribution in [-0.4, -0.2) is 20.5 Å². The molecule has 1 aromatic heterocycles. The van der Waals surface area contributed by atoms with Crippen LogP contribution in [0.15, 0.2) is 28.2 Å². The van der Waals surface area contributed by atoms with E-state index in [9.17, 15) is 13.6 Å². The fourth-order valence-corrected chi connectivity index (χ4v) is 2.69. The van der Waals surface area contributed by atoms with Gasteiger partial charge in [0.25, 0.3) is 0 Å². The Labute approximate surface area is 118 Å². The molecule has 0 saturated carbocycles. The van der Waals surface area contributed by atoms with Crippen molar-refractivity contribution in [2.45, 2.75) is 24.7 Å². The molecule has 20 heavy (non-hydrogen) atoms. The molecular formula is C12H14F2N4OS. The lowest BCUT2D eigenvalue weighted by Gasteiger charge is -2.11. The Hall–Kier alpha value is -1.67. The highest BCUT2D eigenvalue weighted by Gasteiger charge is 2.13. The number of aromatic amines is 1. The van der Waals surface area contributed by atoms with Gasteiger partial charge in [-0.3, -0.25) is 4.57 Å². The molecule has 8 heteroatoms. The number of rotatable bonds is 5. The van der Waals surface area contributed by atoms with Gasteiger partial charge in [-0.15, -0.1) is 5.10 Å². The summed E-state index contributed by atoms with van der Waals surface area (Å²) in [5.74, 6) is -1.43. The minimum atomic E-state index is -0.923. The molecule has 0 spiro atoms. The van der Waals surface area contributed by atoms with E-state index in [1.54, 1.807) is 0 Å². The van der Waals surface area contributed by atoms with Gasteiger partial charge in [0, 0.05) is 18.3 Å². The number of halogens is 2. The van der Waals surface area contributed by atoms with Crippen LogP contribution >= 0.6 is 11.8 Å². The number of nitrogens with one attached hydrogen (secondary N) is 1. The SMILES string of the molecule is CCn1c(SCC(N)c2ccc(F)c(F)c2)n[nH]c1=O. The van der Waals surface area contributed by atoms with E-state index in [1.807, 2.05) is 6.92 Å². The largest absolute Gasteiger partial charge is 0.343 e. The second kappa shape index (κ2) is 6.19. The lowest BCUT2D eigenvalue weighted by atomic mass is 10.1. The monoisotopic (exact) mass is 300 g/mol. The molecule has 0 aliphatic carbocycles. The summed E-state index contributed by atoms with van der Waals surface area (Å²) in [6.07, 6.45) is 0. The second-order valence-corrected chi connectivity index (χ2v) is 5.13. The van der Waals surface area contributed by atoms with Crippen molar-refractivity contribution in [2.24, 2.45) is 5.73 Å². The van der Waals surface area contributed by atoms with Gasteiger partial charge in [-0.25, -0.2) is 18.7 Å². The Kier molecular flexibility index (Phi) is 4.56. The van der Waals surface area contributed by atoms with Crippen LogP contribution in [0.3, 0.4) is 0 Å². The molecule has 1 aromatic carbocycles. The molecule has 1 heterocycles. The summed E-state index contributed by atoms with van der Waals surface area (Å²) < 4.78 is 27.4. The van der Waals surface area contributed by atoms with Crippen molar-refractivity contribution in [3.63, 3.8) is 0 Å². The number of hydrogen-bond acceptors (Lipinski definition) is 4. The molecule has 0 fully saturated rings. The zero-order chi connectivity index (χ0) is 14.7. The normalized spacial score (nSPS) is 12.6. The summed E-state index contributed by atoms with van der Waals surface area (Å²) >= 11 is 1.28. The maximum atomic E-state index is 13.1. The highest BCUT2D eigenvalue weighted by atomic mass is 32.2. The van der Waals surface area contributed by atoms with Crippen molar-refractivity contribution in [1.82, 2.24) is 14.8 Å². The van der Waals surface area contributed by atoms with Crippen LogP contribution in [0.25, 0.3) is 0 Å². The summed E-state index contributed by atoms with van der Waals surface area (Å²) in [5.41, 5.74) is 6.14. The van der Waals surface area contributed by atoms with Crippen molar-refractivity contribution in [3.8, 4) is 0 Å². The summed E-state index contributed by atoms with van der Waals surface area (Å²) in [5, 5.41) is 6.76. The summed E-state index contributed by atoms with van der Waals surface area (Å²) in [7, 11) is 0. The van der Waals surface area contributed by atoms with E-state index in [-0.39, 0.29) is 5.69 Å². The van der Waals surface area contributed by atoms with Crippen LogP contribution in [0.2, 0.25) is 0 Å². The van der Waals surface area contributed by atoms with Crippen molar-refractivity contribution < 1.29 is 8.78 Å². The van der Waals surface area contributed by atoms with Crippen LogP contribution in [0.1, 0.15) is 18.5 Å². The maximum absolute atomic E-state index is 13.1. The van der Waals surface area contributed by atoms with Crippen LogP contribution in [-0.2, 0) is 6.54 Å². The minimum Gasteiger partial charge on any atom is -0.323 e. The molecule has 2 rings (SSSR count). The van der Waals surface area contributed by atoms with E-state index >= 15 is 0 Å². The van der Waals surface area contributed by atoms with Gasteiger partial charge in [0.05, 0.1) is 0 Å². The molecule has 0 amide bonds. The molecule has 0 aliphatic heterocycles. The number of H-pyrrole nitrogens is 1. The number of nitrogens with zero attached hydrogens (tertiary/aromatic N) is 2. The summed E-state index contributed by atoms with van der Waals surface area (Å²) in [6, 6.07) is 3.09. The summed E-state index contributed by atoms with van der Waals surface area (Å²) in [4.78, 5) is 11.4. The third-order valence-corrected chi connectivity index (χ3v) is 3.90. The highest BCUT2D eigenvalue weighted by Crippen LogP contribution is 2.22. The van der Waals surface area contributed by atoms with Gasteiger partial charge in [-0.05, 0) is 24.6 Å². The molecule has 0 aliphatic rings. The third kappa shape index (κ3) is 3.07. The van der Waals surface area contributed by atoms with E-state index in [0.717, 1.165) is 12.1 Å². The molecule has 2 aromatic rings. The van der Waals surface area contributed by atoms with Crippen molar-refractivity contribution in [2.75, 3.05) is 5.75 Å². The van der Waals surface area contributed by atoms with Gasteiger partial charge in [0.15, 0.2) is 16.8 Å². The smallest absolute Gasteiger partial charge is 0.323 e. The standard InChI is InChI=1S/C12H14F2N4OS/c1-2-18-11(19)16-17-12(18)20-6-10(15)7-3-4-8(13)9(14)5-7/h3-5,10H,2,6,15H2,1H3,(H,16,19). The molecule has 108 valence electrons. The Bertz CT molecular complexity index is 655. The molecule has 0 bridgehead atoms. The quantitative estimate of drug-likeness (QED) is 0.823. The van der Waals surface area contributed by atoms with Gasteiger partial charge in [-0.1, -0.05) is 17.8 Å². The van der Waals surface area contributed by atoms with Crippen LogP contribution in [0.4, 0.5) is 8.78 Å².